The highest BCUT2D eigenvalue weighted by molar-refractivity contribution is 7.99. The van der Waals surface area contributed by atoms with E-state index < -0.39 is 0 Å². The van der Waals surface area contributed by atoms with E-state index in [1.807, 2.05) is 25.3 Å². The zero-order valence-corrected chi connectivity index (χ0v) is 12.8. The molecule has 2 unspecified atom stereocenters. The van der Waals surface area contributed by atoms with E-state index >= 15 is 0 Å². The Kier molecular flexibility index (Phi) is 5.41. The number of aromatic nitrogens is 1. The van der Waals surface area contributed by atoms with Gasteiger partial charge in [-0.05, 0) is 25.3 Å². The van der Waals surface area contributed by atoms with E-state index in [0.29, 0.717) is 11.3 Å². The first-order valence-corrected chi connectivity index (χ1v) is 7.88. The predicted molar refractivity (Wildman–Crippen MR) is 83.3 cm³/mol. The lowest BCUT2D eigenvalue weighted by Gasteiger charge is -2.21. The first kappa shape index (κ1) is 15.6. The summed E-state index contributed by atoms with van der Waals surface area (Å²) < 4.78 is 5.20. The molecule has 1 amide bonds. The smallest absolute Gasteiger partial charge is 0.251 e. The third kappa shape index (κ3) is 3.86. The summed E-state index contributed by atoms with van der Waals surface area (Å²) in [5, 5.41) is 12.1. The van der Waals surface area contributed by atoms with Crippen LogP contribution in [0.25, 0.3) is 11.3 Å². The average Bonchev–Trinajstić information content (AvgIpc) is 3.03. The maximum Gasteiger partial charge on any atom is 0.251 e. The van der Waals surface area contributed by atoms with Crippen molar-refractivity contribution in [1.82, 2.24) is 10.3 Å². The maximum atomic E-state index is 12.2. The normalized spacial score (nSPS) is 13.7. The third-order valence-corrected chi connectivity index (χ3v) is 4.43. The Morgan fingerprint density at radius 1 is 1.43 bits per heavy atom. The molecule has 1 heterocycles. The monoisotopic (exact) mass is 306 g/mol. The molecule has 0 aliphatic rings. The van der Waals surface area contributed by atoms with E-state index in [-0.39, 0.29) is 23.8 Å². The molecule has 1 aromatic carbocycles. The fourth-order valence-electron chi connectivity index (χ4n) is 1.96. The highest BCUT2D eigenvalue weighted by Crippen LogP contribution is 2.19. The number of amides is 1. The van der Waals surface area contributed by atoms with Crippen LogP contribution >= 0.6 is 11.8 Å². The summed E-state index contributed by atoms with van der Waals surface area (Å²) in [5.41, 5.74) is 1.44. The molecule has 2 atom stereocenters. The topological polar surface area (TPSA) is 75.4 Å². The van der Waals surface area contributed by atoms with Crippen molar-refractivity contribution in [3.05, 3.63) is 42.4 Å². The molecule has 1 aromatic heterocycles. The van der Waals surface area contributed by atoms with Crippen LogP contribution in [-0.4, -0.2) is 40.2 Å². The van der Waals surface area contributed by atoms with Crippen molar-refractivity contribution in [1.29, 1.82) is 0 Å². The molecule has 6 heteroatoms. The minimum Gasteiger partial charge on any atom is -0.444 e. The number of benzene rings is 1. The average molecular weight is 306 g/mol. The van der Waals surface area contributed by atoms with Gasteiger partial charge in [-0.15, -0.1) is 0 Å². The van der Waals surface area contributed by atoms with Gasteiger partial charge in [0.25, 0.3) is 5.91 Å². The summed E-state index contributed by atoms with van der Waals surface area (Å²) in [5.74, 6) is 0.511. The minimum absolute atomic E-state index is 0.0117. The van der Waals surface area contributed by atoms with E-state index in [2.05, 4.69) is 10.3 Å². The molecule has 0 radical (unpaired) electrons. The standard InChI is InChI=1S/C15H18N2O3S/c1-10(14(8-18)21-2)17-15(19)12-5-3-11(4-6-12)13-7-16-9-20-13/h3-7,9-10,14,18H,8H2,1-2H3,(H,17,19). The third-order valence-electron chi connectivity index (χ3n) is 3.26. The van der Waals surface area contributed by atoms with Gasteiger partial charge in [0, 0.05) is 22.4 Å². The molecule has 0 saturated heterocycles. The van der Waals surface area contributed by atoms with Gasteiger partial charge in [0.1, 0.15) is 0 Å². The summed E-state index contributed by atoms with van der Waals surface area (Å²) in [6.45, 7) is 1.92. The van der Waals surface area contributed by atoms with Crippen LogP contribution in [0.2, 0.25) is 0 Å². The van der Waals surface area contributed by atoms with Crippen molar-refractivity contribution in [2.24, 2.45) is 0 Å². The van der Waals surface area contributed by atoms with Crippen molar-refractivity contribution in [2.75, 3.05) is 12.9 Å². The molecule has 0 aliphatic carbocycles. The number of hydrogen-bond acceptors (Lipinski definition) is 5. The van der Waals surface area contributed by atoms with Gasteiger partial charge in [0.15, 0.2) is 12.2 Å². The van der Waals surface area contributed by atoms with Crippen LogP contribution in [-0.2, 0) is 0 Å². The van der Waals surface area contributed by atoms with Crippen LogP contribution in [0, 0.1) is 0 Å². The predicted octanol–water partition coefficient (Wildman–Crippen LogP) is 2.18. The van der Waals surface area contributed by atoms with Crippen molar-refractivity contribution in [3.63, 3.8) is 0 Å². The van der Waals surface area contributed by atoms with E-state index in [1.54, 1.807) is 18.3 Å². The molecule has 0 aliphatic heterocycles. The number of carbonyl (C=O) groups is 1. The summed E-state index contributed by atoms with van der Waals surface area (Å²) in [4.78, 5) is 16.0. The number of nitrogens with zero attached hydrogens (tertiary/aromatic N) is 1. The van der Waals surface area contributed by atoms with Gasteiger partial charge in [-0.3, -0.25) is 4.79 Å². The number of oxazole rings is 1. The van der Waals surface area contributed by atoms with Gasteiger partial charge >= 0.3 is 0 Å². The fraction of sp³-hybridized carbons (Fsp3) is 0.333. The lowest BCUT2D eigenvalue weighted by atomic mass is 10.1. The SMILES string of the molecule is CSC(CO)C(C)NC(=O)c1ccc(-c2cnco2)cc1. The Hall–Kier alpha value is -1.79. The number of aliphatic hydroxyl groups is 1. The Morgan fingerprint density at radius 2 is 2.14 bits per heavy atom. The zero-order chi connectivity index (χ0) is 15.2. The number of hydrogen-bond donors (Lipinski definition) is 2. The van der Waals surface area contributed by atoms with Crippen LogP contribution in [0.4, 0.5) is 0 Å². The van der Waals surface area contributed by atoms with Gasteiger partial charge in [-0.25, -0.2) is 4.98 Å². The highest BCUT2D eigenvalue weighted by Gasteiger charge is 2.18. The first-order chi connectivity index (χ1) is 10.2. The molecule has 21 heavy (non-hydrogen) atoms. The molecular weight excluding hydrogens is 288 g/mol. The minimum atomic E-state index is -0.154. The van der Waals surface area contributed by atoms with Crippen molar-refractivity contribution in [2.45, 2.75) is 18.2 Å². The fourth-order valence-corrected chi connectivity index (χ4v) is 2.59. The second-order valence-electron chi connectivity index (χ2n) is 4.66. The lowest BCUT2D eigenvalue weighted by Crippen LogP contribution is -2.41. The molecule has 112 valence electrons. The molecular formula is C15H18N2O3S. The molecule has 2 rings (SSSR count). The van der Waals surface area contributed by atoms with E-state index in [4.69, 9.17) is 4.42 Å². The van der Waals surface area contributed by atoms with Gasteiger partial charge in [0.05, 0.1) is 12.8 Å². The van der Waals surface area contributed by atoms with Crippen LogP contribution in [0.1, 0.15) is 17.3 Å². The van der Waals surface area contributed by atoms with E-state index in [1.165, 1.54) is 18.2 Å². The molecule has 0 spiro atoms. The second kappa shape index (κ2) is 7.28. The lowest BCUT2D eigenvalue weighted by molar-refractivity contribution is 0.0936. The summed E-state index contributed by atoms with van der Waals surface area (Å²) in [6.07, 6.45) is 4.91. The molecule has 0 saturated carbocycles. The van der Waals surface area contributed by atoms with Crippen LogP contribution < -0.4 is 5.32 Å². The number of carbonyl (C=O) groups excluding carboxylic acids is 1. The van der Waals surface area contributed by atoms with Gasteiger partial charge in [-0.1, -0.05) is 12.1 Å². The molecule has 2 N–H and O–H groups in total. The Morgan fingerprint density at radius 3 is 2.67 bits per heavy atom. The number of aliphatic hydroxyl groups excluding tert-OH is 1. The summed E-state index contributed by atoms with van der Waals surface area (Å²) in [7, 11) is 0. The van der Waals surface area contributed by atoms with E-state index in [0.717, 1.165) is 5.56 Å². The number of nitrogens with one attached hydrogen (secondary N) is 1. The van der Waals surface area contributed by atoms with Gasteiger partial charge < -0.3 is 14.8 Å². The molecule has 5 nitrogen and oxygen atoms in total. The van der Waals surface area contributed by atoms with Gasteiger partial charge in [-0.2, -0.15) is 11.8 Å². The van der Waals surface area contributed by atoms with Crippen LogP contribution in [0.15, 0.2) is 41.3 Å². The highest BCUT2D eigenvalue weighted by atomic mass is 32.2. The van der Waals surface area contributed by atoms with E-state index in [9.17, 15) is 9.90 Å². The molecule has 2 aromatic rings. The molecule has 0 bridgehead atoms. The second-order valence-corrected chi connectivity index (χ2v) is 5.74. The number of rotatable bonds is 6. The van der Waals surface area contributed by atoms with Gasteiger partial charge in [0.2, 0.25) is 0 Å². The summed E-state index contributed by atoms with van der Waals surface area (Å²) >= 11 is 1.53. The zero-order valence-electron chi connectivity index (χ0n) is 11.9. The Bertz CT molecular complexity index is 565. The molecule has 0 fully saturated rings. The Balaban J connectivity index is 2.03. The quantitative estimate of drug-likeness (QED) is 0.855. The summed E-state index contributed by atoms with van der Waals surface area (Å²) in [6, 6.07) is 7.02. The van der Waals surface area contributed by atoms with Crippen molar-refractivity contribution in [3.8, 4) is 11.3 Å². The Labute approximate surface area is 127 Å². The van der Waals surface area contributed by atoms with Crippen LogP contribution in [0.5, 0.6) is 0 Å². The van der Waals surface area contributed by atoms with Crippen molar-refractivity contribution < 1.29 is 14.3 Å². The van der Waals surface area contributed by atoms with Crippen LogP contribution in [0.3, 0.4) is 0 Å². The first-order valence-electron chi connectivity index (χ1n) is 6.59. The largest absolute Gasteiger partial charge is 0.444 e. The van der Waals surface area contributed by atoms with Crippen molar-refractivity contribution >= 4 is 17.7 Å². The maximum absolute atomic E-state index is 12.2. The number of thioether (sulfide) groups is 1.